The zero-order chi connectivity index (χ0) is 25.4. The normalized spacial score (nSPS) is 17.2. The lowest BCUT2D eigenvalue weighted by Crippen LogP contribution is -2.60. The third-order valence-corrected chi connectivity index (χ3v) is 6.35. The van der Waals surface area contributed by atoms with Gasteiger partial charge in [-0.05, 0) is 37.1 Å². The molecule has 35 heavy (non-hydrogen) atoms. The number of carbonyl (C=O) groups is 3. The number of para-hydroxylation sites is 3. The minimum absolute atomic E-state index is 0.0689. The van der Waals surface area contributed by atoms with Crippen molar-refractivity contribution in [1.82, 2.24) is 15.1 Å². The molecular formula is C26H35N5O4. The zero-order valence-electron chi connectivity index (χ0n) is 20.8. The molecule has 3 atom stereocenters. The van der Waals surface area contributed by atoms with E-state index in [0.717, 1.165) is 12.1 Å². The number of ether oxygens (including phenoxy) is 1. The number of urea groups is 2. The predicted molar refractivity (Wildman–Crippen MR) is 137 cm³/mol. The van der Waals surface area contributed by atoms with E-state index in [-0.39, 0.29) is 23.9 Å². The van der Waals surface area contributed by atoms with Crippen LogP contribution in [0.3, 0.4) is 0 Å². The molecule has 1 aliphatic rings. The largest absolute Gasteiger partial charge is 0.495 e. The van der Waals surface area contributed by atoms with Crippen LogP contribution in [0.15, 0.2) is 54.6 Å². The second kappa shape index (κ2) is 12.1. The highest BCUT2D eigenvalue weighted by atomic mass is 16.5. The van der Waals surface area contributed by atoms with Gasteiger partial charge >= 0.3 is 12.1 Å². The number of hydrogen-bond acceptors (Lipinski definition) is 4. The fourth-order valence-corrected chi connectivity index (χ4v) is 4.10. The molecular weight excluding hydrogens is 446 g/mol. The van der Waals surface area contributed by atoms with E-state index in [9.17, 15) is 14.4 Å². The molecule has 0 saturated carbocycles. The Kier molecular flexibility index (Phi) is 8.94. The van der Waals surface area contributed by atoms with Crippen LogP contribution >= 0.6 is 0 Å². The third kappa shape index (κ3) is 6.65. The number of rotatable bonds is 7. The van der Waals surface area contributed by atoms with Gasteiger partial charge in [-0.25, -0.2) is 9.59 Å². The SMILES string of the molecule is CCC(C)C(NC(=O)Nc1ccccc1OC)C(=O)N1CCN(C(=O)Nc2ccccc2)C(C)C1. The van der Waals surface area contributed by atoms with Gasteiger partial charge in [-0.3, -0.25) is 4.79 Å². The first-order chi connectivity index (χ1) is 16.8. The van der Waals surface area contributed by atoms with E-state index < -0.39 is 12.1 Å². The van der Waals surface area contributed by atoms with E-state index in [4.69, 9.17) is 4.74 Å². The van der Waals surface area contributed by atoms with E-state index in [2.05, 4.69) is 16.0 Å². The number of piperazine rings is 1. The highest BCUT2D eigenvalue weighted by molar-refractivity contribution is 5.95. The molecule has 3 N–H and O–H groups in total. The standard InChI is InChI=1S/C26H35N5O4/c1-5-18(2)23(29-25(33)28-21-13-9-10-14-22(21)35-4)24(32)30-15-16-31(19(3)17-30)26(34)27-20-11-7-6-8-12-20/h6-14,18-19,23H,5,15-17H2,1-4H3,(H,27,34)(H2,28,29,33). The van der Waals surface area contributed by atoms with Gasteiger partial charge in [-0.1, -0.05) is 50.6 Å². The molecule has 0 aliphatic carbocycles. The predicted octanol–water partition coefficient (Wildman–Crippen LogP) is 4.00. The highest BCUT2D eigenvalue weighted by Gasteiger charge is 2.35. The molecule has 1 fully saturated rings. The first-order valence-corrected chi connectivity index (χ1v) is 12.0. The Morgan fingerprint density at radius 1 is 1.03 bits per heavy atom. The Labute approximate surface area is 206 Å². The van der Waals surface area contributed by atoms with Crippen molar-refractivity contribution in [2.45, 2.75) is 39.3 Å². The third-order valence-electron chi connectivity index (χ3n) is 6.35. The number of benzene rings is 2. The monoisotopic (exact) mass is 481 g/mol. The van der Waals surface area contributed by atoms with Crippen LogP contribution in [0, 0.1) is 5.92 Å². The van der Waals surface area contributed by atoms with Gasteiger partial charge in [0, 0.05) is 31.4 Å². The Morgan fingerprint density at radius 3 is 2.37 bits per heavy atom. The Balaban J connectivity index is 1.62. The van der Waals surface area contributed by atoms with Crippen molar-refractivity contribution in [2.75, 3.05) is 37.4 Å². The Hall–Kier alpha value is -3.75. The lowest BCUT2D eigenvalue weighted by Gasteiger charge is -2.41. The molecule has 1 heterocycles. The molecule has 9 heteroatoms. The summed E-state index contributed by atoms with van der Waals surface area (Å²) in [6.07, 6.45) is 0.723. The fourth-order valence-electron chi connectivity index (χ4n) is 4.10. The number of hydrogen-bond donors (Lipinski definition) is 3. The molecule has 0 radical (unpaired) electrons. The number of anilines is 2. The molecule has 0 aromatic heterocycles. The topological polar surface area (TPSA) is 103 Å². The molecule has 3 unspecified atom stereocenters. The average Bonchev–Trinajstić information content (AvgIpc) is 2.87. The van der Waals surface area contributed by atoms with Crippen molar-refractivity contribution in [3.05, 3.63) is 54.6 Å². The number of carbonyl (C=O) groups excluding carboxylic acids is 3. The minimum atomic E-state index is -0.688. The molecule has 9 nitrogen and oxygen atoms in total. The van der Waals surface area contributed by atoms with E-state index in [1.165, 1.54) is 7.11 Å². The summed E-state index contributed by atoms with van der Waals surface area (Å²) in [5.41, 5.74) is 1.25. The van der Waals surface area contributed by atoms with Crippen LogP contribution < -0.4 is 20.7 Å². The number of amides is 5. The molecule has 3 rings (SSSR count). The van der Waals surface area contributed by atoms with Crippen molar-refractivity contribution in [3.63, 3.8) is 0 Å². The first kappa shape index (κ1) is 25.9. The van der Waals surface area contributed by atoms with Gasteiger partial charge in [0.1, 0.15) is 11.8 Å². The maximum absolute atomic E-state index is 13.5. The summed E-state index contributed by atoms with van der Waals surface area (Å²) >= 11 is 0. The fraction of sp³-hybridized carbons (Fsp3) is 0.423. The van der Waals surface area contributed by atoms with Crippen LogP contribution in [0.1, 0.15) is 27.2 Å². The Bertz CT molecular complexity index is 1020. The molecule has 1 aliphatic heterocycles. The lowest BCUT2D eigenvalue weighted by atomic mass is 9.97. The molecule has 5 amide bonds. The molecule has 1 saturated heterocycles. The number of nitrogens with zero attached hydrogens (tertiary/aromatic N) is 2. The maximum atomic E-state index is 13.5. The van der Waals surface area contributed by atoms with Crippen LogP contribution in [0.25, 0.3) is 0 Å². The van der Waals surface area contributed by atoms with Gasteiger partial charge in [-0.15, -0.1) is 0 Å². The minimum Gasteiger partial charge on any atom is -0.495 e. The smallest absolute Gasteiger partial charge is 0.322 e. The highest BCUT2D eigenvalue weighted by Crippen LogP contribution is 2.23. The maximum Gasteiger partial charge on any atom is 0.322 e. The molecule has 0 spiro atoms. The molecule has 2 aromatic rings. The quantitative estimate of drug-likeness (QED) is 0.556. The second-order valence-corrected chi connectivity index (χ2v) is 8.78. The summed E-state index contributed by atoms with van der Waals surface area (Å²) in [5, 5.41) is 8.53. The summed E-state index contributed by atoms with van der Waals surface area (Å²) in [6, 6.07) is 14.9. The molecule has 2 aromatic carbocycles. The van der Waals surface area contributed by atoms with Crippen LogP contribution in [0.5, 0.6) is 5.75 Å². The van der Waals surface area contributed by atoms with Gasteiger partial charge in [-0.2, -0.15) is 0 Å². The number of methoxy groups -OCH3 is 1. The van der Waals surface area contributed by atoms with E-state index in [0.29, 0.717) is 31.1 Å². The van der Waals surface area contributed by atoms with Crippen molar-refractivity contribution in [3.8, 4) is 5.75 Å². The molecule has 188 valence electrons. The van der Waals surface area contributed by atoms with Crippen LogP contribution in [0.4, 0.5) is 21.0 Å². The van der Waals surface area contributed by atoms with E-state index in [1.54, 1.807) is 28.0 Å². The van der Waals surface area contributed by atoms with Crippen molar-refractivity contribution in [1.29, 1.82) is 0 Å². The summed E-state index contributed by atoms with van der Waals surface area (Å²) in [7, 11) is 1.53. The van der Waals surface area contributed by atoms with Gasteiger partial charge in [0.15, 0.2) is 0 Å². The summed E-state index contributed by atoms with van der Waals surface area (Å²) in [4.78, 5) is 42.4. The van der Waals surface area contributed by atoms with Gasteiger partial charge in [0.2, 0.25) is 5.91 Å². The first-order valence-electron chi connectivity index (χ1n) is 12.0. The summed E-state index contributed by atoms with van der Waals surface area (Å²) in [6.45, 7) is 7.05. The van der Waals surface area contributed by atoms with Crippen LogP contribution in [-0.2, 0) is 4.79 Å². The van der Waals surface area contributed by atoms with Crippen molar-refractivity contribution < 1.29 is 19.1 Å². The summed E-state index contributed by atoms with van der Waals surface area (Å²) in [5.74, 6) is 0.318. The van der Waals surface area contributed by atoms with Crippen molar-refractivity contribution in [2.24, 2.45) is 5.92 Å². The van der Waals surface area contributed by atoms with Gasteiger partial charge in [0.05, 0.1) is 12.8 Å². The van der Waals surface area contributed by atoms with Crippen LogP contribution in [-0.4, -0.2) is 66.6 Å². The van der Waals surface area contributed by atoms with E-state index in [1.807, 2.05) is 57.2 Å². The Morgan fingerprint density at radius 2 is 1.71 bits per heavy atom. The van der Waals surface area contributed by atoms with Gasteiger partial charge < -0.3 is 30.5 Å². The van der Waals surface area contributed by atoms with Crippen LogP contribution in [0.2, 0.25) is 0 Å². The zero-order valence-corrected chi connectivity index (χ0v) is 20.8. The molecule has 0 bridgehead atoms. The van der Waals surface area contributed by atoms with Crippen molar-refractivity contribution >= 4 is 29.3 Å². The van der Waals surface area contributed by atoms with E-state index >= 15 is 0 Å². The lowest BCUT2D eigenvalue weighted by molar-refractivity contribution is -0.136. The average molecular weight is 482 g/mol. The number of nitrogens with one attached hydrogen (secondary N) is 3. The van der Waals surface area contributed by atoms with Gasteiger partial charge in [0.25, 0.3) is 0 Å². The summed E-state index contributed by atoms with van der Waals surface area (Å²) < 4.78 is 5.29. The second-order valence-electron chi connectivity index (χ2n) is 8.78.